The van der Waals surface area contributed by atoms with Crippen molar-refractivity contribution in [1.82, 2.24) is 0 Å². The Labute approximate surface area is 153 Å². The van der Waals surface area contributed by atoms with Crippen molar-refractivity contribution in [3.8, 4) is 0 Å². The lowest BCUT2D eigenvalue weighted by Crippen LogP contribution is -2.61. The first-order valence-electron chi connectivity index (χ1n) is 10.00. The van der Waals surface area contributed by atoms with Crippen LogP contribution in [-0.4, -0.2) is 39.0 Å². The van der Waals surface area contributed by atoms with E-state index in [0.717, 1.165) is 25.7 Å². The fourth-order valence-corrected chi connectivity index (χ4v) is 6.78. The van der Waals surface area contributed by atoms with Gasteiger partial charge in [0.25, 0.3) is 0 Å². The molecule has 4 unspecified atom stereocenters. The number of ether oxygens (including phenoxy) is 3. The molecule has 3 fully saturated rings. The van der Waals surface area contributed by atoms with Crippen molar-refractivity contribution >= 4 is 5.78 Å². The number of hydrogen-bond acceptors (Lipinski definition) is 4. The molecule has 0 saturated heterocycles. The van der Waals surface area contributed by atoms with Gasteiger partial charge in [-0.3, -0.25) is 4.79 Å². The van der Waals surface area contributed by atoms with Crippen LogP contribution in [0.5, 0.6) is 0 Å². The number of hydrogen-bond donors (Lipinski definition) is 0. The van der Waals surface area contributed by atoms with Crippen molar-refractivity contribution in [3.05, 3.63) is 0 Å². The van der Waals surface area contributed by atoms with E-state index >= 15 is 0 Å². The molecule has 3 rings (SSSR count). The van der Waals surface area contributed by atoms with Gasteiger partial charge in [-0.1, -0.05) is 27.7 Å². The van der Waals surface area contributed by atoms with E-state index in [2.05, 4.69) is 27.7 Å². The van der Waals surface area contributed by atoms with Crippen LogP contribution in [0.1, 0.15) is 59.8 Å². The Morgan fingerprint density at radius 1 is 1.12 bits per heavy atom. The monoisotopic (exact) mass is 352 g/mol. The molecule has 3 saturated carbocycles. The van der Waals surface area contributed by atoms with Crippen LogP contribution in [0.15, 0.2) is 0 Å². The molecule has 3 aliphatic rings. The van der Waals surface area contributed by atoms with Gasteiger partial charge in [0.2, 0.25) is 0 Å². The minimum Gasteiger partial charge on any atom is -0.381 e. The fraction of sp³-hybridized carbons (Fsp3) is 0.952. The highest BCUT2D eigenvalue weighted by Crippen LogP contribution is 2.67. The molecule has 0 spiro atoms. The van der Waals surface area contributed by atoms with Crippen molar-refractivity contribution in [3.63, 3.8) is 0 Å². The second kappa shape index (κ2) is 6.94. The lowest BCUT2D eigenvalue weighted by Gasteiger charge is -2.61. The molecule has 4 heteroatoms. The summed E-state index contributed by atoms with van der Waals surface area (Å²) in [6.07, 6.45) is 5.53. The fourth-order valence-electron chi connectivity index (χ4n) is 6.78. The van der Waals surface area contributed by atoms with Crippen LogP contribution in [0.3, 0.4) is 0 Å². The second-order valence-corrected chi connectivity index (χ2v) is 9.15. The van der Waals surface area contributed by atoms with Crippen molar-refractivity contribution in [1.29, 1.82) is 0 Å². The van der Waals surface area contributed by atoms with Crippen LogP contribution in [0.4, 0.5) is 0 Å². The molecular weight excluding hydrogens is 316 g/mol. The van der Waals surface area contributed by atoms with E-state index in [1.807, 2.05) is 7.11 Å². The molecule has 0 heterocycles. The standard InChI is InChI=1S/C21H36O4/c1-13-11-17(25-12-23-5)20(4)14(2)7-9-21(15(3)18(13)22)10-8-16(24-6)19(20)21/h13-17,19H,7-12H2,1-6H3/t13-,14+,15-,16?,17?,19?,20-,21?/m0/s1. The molecule has 0 radical (unpaired) electrons. The zero-order valence-electron chi connectivity index (χ0n) is 16.8. The maximum absolute atomic E-state index is 13.2. The van der Waals surface area contributed by atoms with Gasteiger partial charge in [0.05, 0.1) is 12.2 Å². The number of methoxy groups -OCH3 is 2. The van der Waals surface area contributed by atoms with Gasteiger partial charge >= 0.3 is 0 Å². The lowest BCUT2D eigenvalue weighted by atomic mass is 9.45. The quantitative estimate of drug-likeness (QED) is 0.716. The number of Topliss-reactive ketones (excluding diaryl/α,β-unsaturated/α-hetero) is 1. The van der Waals surface area contributed by atoms with E-state index in [0.29, 0.717) is 24.4 Å². The molecule has 4 nitrogen and oxygen atoms in total. The van der Waals surface area contributed by atoms with Crippen LogP contribution < -0.4 is 0 Å². The molecule has 0 aliphatic heterocycles. The first-order valence-corrected chi connectivity index (χ1v) is 10.00. The molecule has 144 valence electrons. The van der Waals surface area contributed by atoms with E-state index in [1.54, 1.807) is 7.11 Å². The predicted molar refractivity (Wildman–Crippen MR) is 97.2 cm³/mol. The normalized spacial score (nSPS) is 50.2. The summed E-state index contributed by atoms with van der Waals surface area (Å²) in [4.78, 5) is 13.2. The molecule has 0 aromatic carbocycles. The summed E-state index contributed by atoms with van der Waals surface area (Å²) in [5.41, 5.74) is 0.0829. The third-order valence-electron chi connectivity index (χ3n) is 8.39. The first kappa shape index (κ1) is 19.3. The Balaban J connectivity index is 2.12. The number of carbonyl (C=O) groups excluding carboxylic acids is 1. The maximum atomic E-state index is 13.2. The summed E-state index contributed by atoms with van der Waals surface area (Å²) >= 11 is 0. The minimum atomic E-state index is 0.0111. The number of carbonyl (C=O) groups is 1. The zero-order valence-corrected chi connectivity index (χ0v) is 16.8. The van der Waals surface area contributed by atoms with Crippen LogP contribution in [0.25, 0.3) is 0 Å². The van der Waals surface area contributed by atoms with Crippen LogP contribution in [0.2, 0.25) is 0 Å². The highest BCUT2D eigenvalue weighted by Gasteiger charge is 2.66. The van der Waals surface area contributed by atoms with Gasteiger partial charge in [0.15, 0.2) is 0 Å². The van der Waals surface area contributed by atoms with Crippen LogP contribution >= 0.6 is 0 Å². The van der Waals surface area contributed by atoms with Crippen LogP contribution in [-0.2, 0) is 19.0 Å². The molecule has 2 bridgehead atoms. The van der Waals surface area contributed by atoms with E-state index in [9.17, 15) is 4.79 Å². The Bertz CT molecular complexity index is 506. The predicted octanol–water partition coefficient (Wildman–Crippen LogP) is 4.07. The Kier molecular flexibility index (Phi) is 5.36. The first-order chi connectivity index (χ1) is 11.8. The van der Waals surface area contributed by atoms with Gasteiger partial charge in [-0.05, 0) is 49.4 Å². The second-order valence-electron chi connectivity index (χ2n) is 9.15. The average Bonchev–Trinajstić information content (AvgIpc) is 3.00. The Morgan fingerprint density at radius 3 is 2.44 bits per heavy atom. The summed E-state index contributed by atoms with van der Waals surface area (Å²) in [5.74, 6) is 1.51. The lowest BCUT2D eigenvalue weighted by molar-refractivity contribution is -0.213. The van der Waals surface area contributed by atoms with Gasteiger partial charge < -0.3 is 14.2 Å². The maximum Gasteiger partial charge on any atom is 0.146 e. The molecule has 0 aromatic rings. The van der Waals surface area contributed by atoms with Crippen molar-refractivity contribution in [2.24, 2.45) is 34.5 Å². The molecular formula is C21H36O4. The third kappa shape index (κ3) is 2.71. The van der Waals surface area contributed by atoms with Crippen molar-refractivity contribution in [2.75, 3.05) is 21.0 Å². The summed E-state index contributed by atoms with van der Waals surface area (Å²) in [6.45, 7) is 9.35. The van der Waals surface area contributed by atoms with Gasteiger partial charge in [0.1, 0.15) is 12.6 Å². The summed E-state index contributed by atoms with van der Waals surface area (Å²) in [7, 11) is 3.51. The number of ketones is 1. The van der Waals surface area contributed by atoms with Gasteiger partial charge in [0, 0.05) is 31.5 Å². The highest BCUT2D eigenvalue weighted by molar-refractivity contribution is 5.84. The van der Waals surface area contributed by atoms with E-state index < -0.39 is 0 Å². The zero-order chi connectivity index (χ0) is 18.4. The third-order valence-corrected chi connectivity index (χ3v) is 8.39. The Morgan fingerprint density at radius 2 is 1.80 bits per heavy atom. The number of rotatable bonds is 4. The van der Waals surface area contributed by atoms with Gasteiger partial charge in [-0.2, -0.15) is 0 Å². The molecule has 3 aliphatic carbocycles. The van der Waals surface area contributed by atoms with Crippen molar-refractivity contribution in [2.45, 2.75) is 72.0 Å². The van der Waals surface area contributed by atoms with E-state index in [-0.39, 0.29) is 34.9 Å². The minimum absolute atomic E-state index is 0.0111. The molecule has 25 heavy (non-hydrogen) atoms. The SMILES string of the molecule is COCOC1C[C@H](C)C(=O)[C@H](C)C23CCC(OC)C2[C@@]1(C)[C@H](C)CC3. The topological polar surface area (TPSA) is 44.8 Å². The highest BCUT2D eigenvalue weighted by atomic mass is 16.7. The van der Waals surface area contributed by atoms with Gasteiger partial charge in [-0.15, -0.1) is 0 Å². The van der Waals surface area contributed by atoms with E-state index in [1.165, 1.54) is 6.42 Å². The van der Waals surface area contributed by atoms with Crippen LogP contribution in [0, 0.1) is 34.5 Å². The molecule has 0 aromatic heterocycles. The van der Waals surface area contributed by atoms with Gasteiger partial charge in [-0.25, -0.2) is 0 Å². The summed E-state index contributed by atoms with van der Waals surface area (Å²) in [6, 6.07) is 0. The molecule has 0 N–H and O–H groups in total. The Hall–Kier alpha value is -0.450. The molecule has 8 atom stereocenters. The largest absolute Gasteiger partial charge is 0.381 e. The molecule has 0 amide bonds. The van der Waals surface area contributed by atoms with Crippen molar-refractivity contribution < 1.29 is 19.0 Å². The smallest absolute Gasteiger partial charge is 0.146 e. The summed E-state index contributed by atoms with van der Waals surface area (Å²) < 4.78 is 17.5. The van der Waals surface area contributed by atoms with E-state index in [4.69, 9.17) is 14.2 Å². The summed E-state index contributed by atoms with van der Waals surface area (Å²) in [5, 5.41) is 0. The average molecular weight is 353 g/mol.